The third kappa shape index (κ3) is 3.83. The highest BCUT2D eigenvalue weighted by atomic mass is 35.5. The maximum atomic E-state index is 11.6. The predicted octanol–water partition coefficient (Wildman–Crippen LogP) is 3.43. The Morgan fingerprint density at radius 1 is 1.12 bits per heavy atom. The van der Waals surface area contributed by atoms with E-state index in [0.717, 1.165) is 0 Å². The lowest BCUT2D eigenvalue weighted by Crippen LogP contribution is -2.01. The average molecular weight is 261 g/mol. The zero-order chi connectivity index (χ0) is 12.1. The molecule has 0 aliphatic heterocycles. The second kappa shape index (κ2) is 5.87. The fraction of sp³-hybridized carbons (Fsp3) is 0.273. The third-order valence-electron chi connectivity index (χ3n) is 2.04. The van der Waals surface area contributed by atoms with E-state index in [1.807, 2.05) is 0 Å². The van der Waals surface area contributed by atoms with Crippen molar-refractivity contribution < 1.29 is 14.7 Å². The summed E-state index contributed by atoms with van der Waals surface area (Å²) in [7, 11) is 0. The van der Waals surface area contributed by atoms with Crippen LogP contribution in [0.5, 0.6) is 0 Å². The Bertz CT molecular complexity index is 416. The Morgan fingerprint density at radius 2 is 1.81 bits per heavy atom. The number of carbonyl (C=O) groups is 2. The molecule has 0 atom stereocenters. The Balaban J connectivity index is 2.59. The van der Waals surface area contributed by atoms with E-state index >= 15 is 0 Å². The Hall–Kier alpha value is -1.06. The number of aliphatic carboxylic acids is 1. The van der Waals surface area contributed by atoms with Gasteiger partial charge in [-0.1, -0.05) is 23.2 Å². The van der Waals surface area contributed by atoms with Gasteiger partial charge >= 0.3 is 5.97 Å². The third-order valence-corrected chi connectivity index (χ3v) is 2.78. The summed E-state index contributed by atoms with van der Waals surface area (Å²) in [4.78, 5) is 21.9. The molecule has 0 radical (unpaired) electrons. The molecule has 0 amide bonds. The molecule has 0 saturated carbocycles. The molecule has 0 aromatic heterocycles. The molecule has 0 heterocycles. The smallest absolute Gasteiger partial charge is 0.303 e. The highest BCUT2D eigenvalue weighted by Crippen LogP contribution is 2.23. The summed E-state index contributed by atoms with van der Waals surface area (Å²) < 4.78 is 0. The molecule has 1 N–H and O–H groups in total. The summed E-state index contributed by atoms with van der Waals surface area (Å²) in [6.07, 6.45) is 0.520. The number of hydrogen-bond acceptors (Lipinski definition) is 2. The Labute approximate surface area is 103 Å². The zero-order valence-corrected chi connectivity index (χ0v) is 9.88. The van der Waals surface area contributed by atoms with Gasteiger partial charge in [0.15, 0.2) is 5.78 Å². The van der Waals surface area contributed by atoms with Crippen LogP contribution < -0.4 is 0 Å². The van der Waals surface area contributed by atoms with Gasteiger partial charge in [0.2, 0.25) is 0 Å². The summed E-state index contributed by atoms with van der Waals surface area (Å²) in [5.41, 5.74) is 0.458. The van der Waals surface area contributed by atoms with Crippen LogP contribution in [0.3, 0.4) is 0 Å². The molecule has 0 bridgehead atoms. The first-order valence-electron chi connectivity index (χ1n) is 4.70. The normalized spacial score (nSPS) is 10.1. The van der Waals surface area contributed by atoms with Gasteiger partial charge in [0.25, 0.3) is 0 Å². The number of carboxylic acids is 1. The van der Waals surface area contributed by atoms with Gasteiger partial charge in [-0.05, 0) is 24.6 Å². The maximum absolute atomic E-state index is 11.6. The summed E-state index contributed by atoms with van der Waals surface area (Å²) in [6.45, 7) is 0. The predicted molar refractivity (Wildman–Crippen MR) is 62.3 cm³/mol. The topological polar surface area (TPSA) is 54.4 Å². The molecule has 5 heteroatoms. The number of halogens is 2. The Kier molecular flexibility index (Phi) is 4.77. The van der Waals surface area contributed by atoms with Gasteiger partial charge in [-0.25, -0.2) is 0 Å². The summed E-state index contributed by atoms with van der Waals surface area (Å²) in [6, 6.07) is 4.62. The first kappa shape index (κ1) is 13.0. The molecule has 0 saturated heterocycles. The average Bonchev–Trinajstić information content (AvgIpc) is 2.21. The first-order valence-corrected chi connectivity index (χ1v) is 5.46. The van der Waals surface area contributed by atoms with Crippen LogP contribution in [-0.4, -0.2) is 16.9 Å². The van der Waals surface area contributed by atoms with Crippen molar-refractivity contribution >= 4 is 35.0 Å². The zero-order valence-electron chi connectivity index (χ0n) is 8.37. The minimum absolute atomic E-state index is 0.00688. The van der Waals surface area contributed by atoms with E-state index < -0.39 is 5.97 Å². The lowest BCUT2D eigenvalue weighted by molar-refractivity contribution is -0.137. The minimum Gasteiger partial charge on any atom is -0.481 e. The van der Waals surface area contributed by atoms with E-state index in [4.69, 9.17) is 28.3 Å². The number of rotatable bonds is 5. The van der Waals surface area contributed by atoms with Gasteiger partial charge in [0.1, 0.15) is 0 Å². The second-order valence-corrected chi connectivity index (χ2v) is 4.11. The molecule has 16 heavy (non-hydrogen) atoms. The largest absolute Gasteiger partial charge is 0.481 e. The van der Waals surface area contributed by atoms with Crippen LogP contribution in [-0.2, 0) is 4.79 Å². The van der Waals surface area contributed by atoms with Crippen molar-refractivity contribution in [3.63, 3.8) is 0 Å². The van der Waals surface area contributed by atoms with Gasteiger partial charge in [-0.3, -0.25) is 9.59 Å². The molecule has 86 valence electrons. The molecular weight excluding hydrogens is 251 g/mol. The second-order valence-electron chi connectivity index (χ2n) is 3.30. The molecule has 0 spiro atoms. The monoisotopic (exact) mass is 260 g/mol. The molecule has 0 aliphatic rings. The van der Waals surface area contributed by atoms with Crippen molar-refractivity contribution in [2.75, 3.05) is 0 Å². The number of carboxylic acid groups (broad SMARTS) is 1. The highest BCUT2D eigenvalue weighted by Gasteiger charge is 2.08. The van der Waals surface area contributed by atoms with Crippen LogP contribution in [0.2, 0.25) is 10.0 Å². The van der Waals surface area contributed by atoms with Gasteiger partial charge < -0.3 is 5.11 Å². The van der Waals surface area contributed by atoms with Crippen LogP contribution in [0.25, 0.3) is 0 Å². The van der Waals surface area contributed by atoms with Crippen LogP contribution >= 0.6 is 23.2 Å². The minimum atomic E-state index is -0.901. The Morgan fingerprint density at radius 3 is 2.38 bits per heavy atom. The molecule has 0 fully saturated rings. The lowest BCUT2D eigenvalue weighted by Gasteiger charge is -2.01. The van der Waals surface area contributed by atoms with Gasteiger partial charge in [0, 0.05) is 18.4 Å². The number of ketones is 1. The summed E-state index contributed by atoms with van der Waals surface area (Å²) >= 11 is 11.5. The number of carbonyl (C=O) groups excluding carboxylic acids is 1. The van der Waals surface area contributed by atoms with Crippen LogP contribution in [0.15, 0.2) is 18.2 Å². The quantitative estimate of drug-likeness (QED) is 0.826. The van der Waals surface area contributed by atoms with Crippen molar-refractivity contribution in [1.29, 1.82) is 0 Å². The SMILES string of the molecule is O=C(O)CCCC(=O)c1ccc(Cl)c(Cl)c1. The standard InChI is InChI=1S/C11H10Cl2O3/c12-8-5-4-7(6-9(8)13)10(14)2-1-3-11(15)16/h4-6H,1-3H2,(H,15,16). The van der Waals surface area contributed by atoms with Crippen LogP contribution in [0.4, 0.5) is 0 Å². The van der Waals surface area contributed by atoms with E-state index in [1.165, 1.54) is 6.07 Å². The molecule has 0 aliphatic carbocycles. The fourth-order valence-corrected chi connectivity index (χ4v) is 1.51. The molecular formula is C11H10Cl2O3. The molecule has 3 nitrogen and oxygen atoms in total. The van der Waals surface area contributed by atoms with Crippen molar-refractivity contribution in [2.45, 2.75) is 19.3 Å². The van der Waals surface area contributed by atoms with E-state index in [-0.39, 0.29) is 18.6 Å². The van der Waals surface area contributed by atoms with E-state index in [9.17, 15) is 9.59 Å². The van der Waals surface area contributed by atoms with Crippen molar-refractivity contribution in [3.05, 3.63) is 33.8 Å². The number of hydrogen-bond donors (Lipinski definition) is 1. The van der Waals surface area contributed by atoms with E-state index in [1.54, 1.807) is 12.1 Å². The van der Waals surface area contributed by atoms with Crippen LogP contribution in [0, 0.1) is 0 Å². The summed E-state index contributed by atoms with van der Waals surface area (Å²) in [5, 5.41) is 9.14. The van der Waals surface area contributed by atoms with Crippen LogP contribution in [0.1, 0.15) is 29.6 Å². The van der Waals surface area contributed by atoms with Gasteiger partial charge in [-0.2, -0.15) is 0 Å². The van der Waals surface area contributed by atoms with E-state index in [2.05, 4.69) is 0 Å². The first-order chi connectivity index (χ1) is 7.50. The summed E-state index contributed by atoms with van der Waals surface area (Å²) in [5.74, 6) is -1.03. The lowest BCUT2D eigenvalue weighted by atomic mass is 10.1. The van der Waals surface area contributed by atoms with Crippen molar-refractivity contribution in [1.82, 2.24) is 0 Å². The fourth-order valence-electron chi connectivity index (χ4n) is 1.21. The number of Topliss-reactive ketones (excluding diaryl/α,β-unsaturated/α-hetero) is 1. The van der Waals surface area contributed by atoms with E-state index in [0.29, 0.717) is 22.0 Å². The van der Waals surface area contributed by atoms with Gasteiger partial charge in [0.05, 0.1) is 10.0 Å². The number of benzene rings is 1. The maximum Gasteiger partial charge on any atom is 0.303 e. The molecule has 1 rings (SSSR count). The van der Waals surface area contributed by atoms with Gasteiger partial charge in [-0.15, -0.1) is 0 Å². The van der Waals surface area contributed by atoms with Crippen molar-refractivity contribution in [3.8, 4) is 0 Å². The molecule has 0 unspecified atom stereocenters. The highest BCUT2D eigenvalue weighted by molar-refractivity contribution is 6.42. The van der Waals surface area contributed by atoms with Crippen molar-refractivity contribution in [2.24, 2.45) is 0 Å². The molecule has 1 aromatic carbocycles. The molecule has 1 aromatic rings.